The number of nitrogens with two attached hydrogens (primary N) is 1. The molecule has 0 aromatic carbocycles. The lowest BCUT2D eigenvalue weighted by molar-refractivity contribution is 0.240. The van der Waals surface area contributed by atoms with E-state index in [4.69, 9.17) is 5.73 Å². The summed E-state index contributed by atoms with van der Waals surface area (Å²) in [5.74, 6) is 5.81. The van der Waals surface area contributed by atoms with E-state index in [1.54, 1.807) is 11.3 Å². The summed E-state index contributed by atoms with van der Waals surface area (Å²) < 4.78 is 0. The van der Waals surface area contributed by atoms with E-state index >= 15 is 0 Å². The SMILES string of the molecule is CCCCNC(=O)NCc1sccc1C#CCN. The Hall–Kier alpha value is -1.51. The van der Waals surface area contributed by atoms with Crippen LogP contribution in [0.2, 0.25) is 0 Å². The standard InChI is InChI=1S/C13H19N3OS/c1-2-3-8-15-13(17)16-10-12-11(5-4-7-14)6-9-18-12/h6,9H,2-3,7-8,10,14H2,1H3,(H2,15,16,17). The summed E-state index contributed by atoms with van der Waals surface area (Å²) in [7, 11) is 0. The first kappa shape index (κ1) is 14.6. The van der Waals surface area contributed by atoms with E-state index in [1.807, 2.05) is 11.4 Å². The molecule has 0 spiro atoms. The first-order chi connectivity index (χ1) is 8.77. The second-order valence-corrected chi connectivity index (χ2v) is 4.73. The lowest BCUT2D eigenvalue weighted by atomic mass is 10.2. The number of hydrogen-bond acceptors (Lipinski definition) is 3. The van der Waals surface area contributed by atoms with Crippen LogP contribution in [-0.2, 0) is 6.54 Å². The monoisotopic (exact) mass is 265 g/mol. The zero-order chi connectivity index (χ0) is 13.2. The molecule has 1 heterocycles. The lowest BCUT2D eigenvalue weighted by Gasteiger charge is -2.06. The summed E-state index contributed by atoms with van der Waals surface area (Å²) >= 11 is 1.58. The topological polar surface area (TPSA) is 67.2 Å². The first-order valence-electron chi connectivity index (χ1n) is 6.05. The van der Waals surface area contributed by atoms with Crippen LogP contribution in [0.15, 0.2) is 11.4 Å². The van der Waals surface area contributed by atoms with Gasteiger partial charge in [0, 0.05) is 17.0 Å². The molecule has 18 heavy (non-hydrogen) atoms. The van der Waals surface area contributed by atoms with Crippen LogP contribution < -0.4 is 16.4 Å². The highest BCUT2D eigenvalue weighted by molar-refractivity contribution is 7.10. The Balaban J connectivity index is 2.39. The summed E-state index contributed by atoms with van der Waals surface area (Å²) in [6, 6.07) is 1.81. The van der Waals surface area contributed by atoms with Gasteiger partial charge in [0.1, 0.15) is 0 Å². The van der Waals surface area contributed by atoms with Gasteiger partial charge in [-0.1, -0.05) is 25.2 Å². The van der Waals surface area contributed by atoms with Gasteiger partial charge in [-0.25, -0.2) is 4.79 Å². The molecule has 1 aromatic rings. The highest BCUT2D eigenvalue weighted by atomic mass is 32.1. The number of nitrogens with one attached hydrogen (secondary N) is 2. The van der Waals surface area contributed by atoms with Gasteiger partial charge in [0.25, 0.3) is 0 Å². The number of thiophene rings is 1. The van der Waals surface area contributed by atoms with Crippen LogP contribution in [0.1, 0.15) is 30.2 Å². The molecule has 0 atom stereocenters. The Morgan fingerprint density at radius 3 is 3.06 bits per heavy atom. The Bertz CT molecular complexity index is 431. The Morgan fingerprint density at radius 2 is 2.33 bits per heavy atom. The molecular formula is C13H19N3OS. The van der Waals surface area contributed by atoms with Gasteiger partial charge in [-0.15, -0.1) is 11.3 Å². The van der Waals surface area contributed by atoms with E-state index in [0.717, 1.165) is 23.3 Å². The molecule has 1 aromatic heterocycles. The smallest absolute Gasteiger partial charge is 0.315 e. The summed E-state index contributed by atoms with van der Waals surface area (Å²) in [5.41, 5.74) is 6.28. The van der Waals surface area contributed by atoms with E-state index in [2.05, 4.69) is 29.4 Å². The van der Waals surface area contributed by atoms with Crippen molar-refractivity contribution in [2.45, 2.75) is 26.3 Å². The maximum absolute atomic E-state index is 11.5. The highest BCUT2D eigenvalue weighted by Gasteiger charge is 2.04. The van der Waals surface area contributed by atoms with Crippen molar-refractivity contribution in [2.24, 2.45) is 5.73 Å². The number of hydrogen-bond donors (Lipinski definition) is 3. The number of rotatable bonds is 5. The van der Waals surface area contributed by atoms with Crippen LogP contribution in [0.3, 0.4) is 0 Å². The molecule has 0 aliphatic heterocycles. The fraction of sp³-hybridized carbons (Fsp3) is 0.462. The van der Waals surface area contributed by atoms with Gasteiger partial charge >= 0.3 is 6.03 Å². The second kappa shape index (κ2) is 8.56. The number of urea groups is 1. The average Bonchev–Trinajstić information content (AvgIpc) is 2.81. The van der Waals surface area contributed by atoms with Gasteiger partial charge in [-0.05, 0) is 17.9 Å². The molecule has 0 saturated heterocycles. The minimum atomic E-state index is -0.130. The third-order valence-corrected chi connectivity index (χ3v) is 3.22. The molecule has 0 bridgehead atoms. The first-order valence-corrected chi connectivity index (χ1v) is 6.93. The van der Waals surface area contributed by atoms with Crippen molar-refractivity contribution in [3.05, 3.63) is 21.9 Å². The largest absolute Gasteiger partial charge is 0.338 e. The van der Waals surface area contributed by atoms with E-state index in [0.29, 0.717) is 19.6 Å². The van der Waals surface area contributed by atoms with E-state index < -0.39 is 0 Å². The molecule has 4 N–H and O–H groups in total. The minimum absolute atomic E-state index is 0.130. The van der Waals surface area contributed by atoms with E-state index in [1.165, 1.54) is 0 Å². The Kier molecular flexibility index (Phi) is 6.92. The number of unbranched alkanes of at least 4 members (excludes halogenated alkanes) is 1. The summed E-state index contributed by atoms with van der Waals surface area (Å²) in [4.78, 5) is 12.5. The number of carbonyl (C=O) groups excluding carboxylic acids is 1. The summed E-state index contributed by atoms with van der Waals surface area (Å²) in [6.07, 6.45) is 2.07. The number of amides is 2. The lowest BCUT2D eigenvalue weighted by Crippen LogP contribution is -2.35. The molecular weight excluding hydrogens is 246 g/mol. The van der Waals surface area contributed by atoms with Crippen LogP contribution in [0.5, 0.6) is 0 Å². The normalized spacial score (nSPS) is 9.44. The van der Waals surface area contributed by atoms with Crippen molar-refractivity contribution < 1.29 is 4.79 Å². The van der Waals surface area contributed by atoms with Gasteiger partial charge in [0.2, 0.25) is 0 Å². The fourth-order valence-electron chi connectivity index (χ4n) is 1.34. The van der Waals surface area contributed by atoms with Crippen molar-refractivity contribution in [3.8, 4) is 11.8 Å². The van der Waals surface area contributed by atoms with Crippen LogP contribution in [0, 0.1) is 11.8 Å². The molecule has 0 fully saturated rings. The van der Waals surface area contributed by atoms with Crippen molar-refractivity contribution in [2.75, 3.05) is 13.1 Å². The molecule has 5 heteroatoms. The van der Waals surface area contributed by atoms with E-state index in [-0.39, 0.29) is 6.03 Å². The van der Waals surface area contributed by atoms with E-state index in [9.17, 15) is 4.79 Å². The van der Waals surface area contributed by atoms with Gasteiger partial charge in [0.15, 0.2) is 0 Å². The van der Waals surface area contributed by atoms with Crippen LogP contribution >= 0.6 is 11.3 Å². The summed E-state index contributed by atoms with van der Waals surface area (Å²) in [5, 5.41) is 7.59. The Labute approximate surface area is 112 Å². The van der Waals surface area contributed by atoms with Gasteiger partial charge in [-0.2, -0.15) is 0 Å². The molecule has 2 amide bonds. The minimum Gasteiger partial charge on any atom is -0.338 e. The molecule has 0 unspecified atom stereocenters. The highest BCUT2D eigenvalue weighted by Crippen LogP contribution is 2.15. The maximum Gasteiger partial charge on any atom is 0.315 e. The molecule has 1 rings (SSSR count). The van der Waals surface area contributed by atoms with Gasteiger partial charge < -0.3 is 16.4 Å². The van der Waals surface area contributed by atoms with Crippen molar-refractivity contribution in [1.29, 1.82) is 0 Å². The van der Waals surface area contributed by atoms with Crippen molar-refractivity contribution in [3.63, 3.8) is 0 Å². The Morgan fingerprint density at radius 1 is 1.50 bits per heavy atom. The maximum atomic E-state index is 11.5. The molecule has 98 valence electrons. The zero-order valence-electron chi connectivity index (χ0n) is 10.6. The van der Waals surface area contributed by atoms with Crippen LogP contribution in [0.4, 0.5) is 4.79 Å². The molecule has 0 aliphatic carbocycles. The fourth-order valence-corrected chi connectivity index (χ4v) is 2.11. The third kappa shape index (κ3) is 5.21. The van der Waals surface area contributed by atoms with Crippen molar-refractivity contribution >= 4 is 17.4 Å². The molecule has 0 saturated carbocycles. The summed E-state index contributed by atoms with van der Waals surface area (Å²) in [6.45, 7) is 3.66. The predicted octanol–water partition coefficient (Wildman–Crippen LogP) is 1.66. The van der Waals surface area contributed by atoms with Crippen LogP contribution in [0.25, 0.3) is 0 Å². The third-order valence-electron chi connectivity index (χ3n) is 2.30. The number of carbonyl (C=O) groups is 1. The van der Waals surface area contributed by atoms with Gasteiger partial charge in [0.05, 0.1) is 13.1 Å². The molecule has 0 aliphatic rings. The van der Waals surface area contributed by atoms with Crippen molar-refractivity contribution in [1.82, 2.24) is 10.6 Å². The zero-order valence-corrected chi connectivity index (χ0v) is 11.4. The predicted molar refractivity (Wildman–Crippen MR) is 75.4 cm³/mol. The second-order valence-electron chi connectivity index (χ2n) is 3.73. The molecule has 0 radical (unpaired) electrons. The molecule has 4 nitrogen and oxygen atoms in total. The average molecular weight is 265 g/mol. The quantitative estimate of drug-likeness (QED) is 0.560. The van der Waals surface area contributed by atoms with Gasteiger partial charge in [-0.3, -0.25) is 0 Å². The van der Waals surface area contributed by atoms with Crippen LogP contribution in [-0.4, -0.2) is 19.1 Å².